The van der Waals surface area contributed by atoms with Crippen LogP contribution in [-0.4, -0.2) is 39.9 Å². The summed E-state index contributed by atoms with van der Waals surface area (Å²) in [5, 5.41) is 29.1. The number of ether oxygens (including phenoxy) is 2. The highest BCUT2D eigenvalue weighted by molar-refractivity contribution is 8.19. The second kappa shape index (κ2) is 9.40. The molecule has 0 saturated heterocycles. The molecule has 1 aliphatic heterocycles. The average Bonchev–Trinajstić information content (AvgIpc) is 3.07. The van der Waals surface area contributed by atoms with Crippen molar-refractivity contribution in [3.05, 3.63) is 24.8 Å². The van der Waals surface area contributed by atoms with Gasteiger partial charge in [0.2, 0.25) is 0 Å². The molecular formula is C17H17NO6S2. The molecule has 0 aromatic heterocycles. The summed E-state index contributed by atoms with van der Waals surface area (Å²) in [5.74, 6) is -2.22. The Kier molecular flexibility index (Phi) is 7.24. The molecule has 0 aliphatic carbocycles. The highest BCUT2D eigenvalue weighted by Gasteiger charge is 2.38. The van der Waals surface area contributed by atoms with E-state index in [1.165, 1.54) is 12.1 Å². The van der Waals surface area contributed by atoms with Crippen LogP contribution in [-0.2, 0) is 19.1 Å². The number of carbonyl (C=O) groups is 2. The van der Waals surface area contributed by atoms with E-state index in [2.05, 4.69) is 6.58 Å². The number of fused-ring (bicyclic) bond motifs is 1. The molecule has 0 fully saturated rings. The zero-order valence-electron chi connectivity index (χ0n) is 13.7. The van der Waals surface area contributed by atoms with E-state index in [0.717, 1.165) is 29.6 Å². The maximum absolute atomic E-state index is 12.2. The van der Waals surface area contributed by atoms with Crippen molar-refractivity contribution in [2.45, 2.75) is 27.2 Å². The SMILES string of the molecule is C=CC(=O)OCCCCOC(=O)C(C#N)C1Sc2c(O)ccc(O)c2S1. The maximum atomic E-state index is 12.2. The van der Waals surface area contributed by atoms with E-state index in [0.29, 0.717) is 22.6 Å². The molecule has 26 heavy (non-hydrogen) atoms. The second-order valence-corrected chi connectivity index (χ2v) is 7.82. The zero-order chi connectivity index (χ0) is 19.1. The van der Waals surface area contributed by atoms with Crippen molar-refractivity contribution in [2.75, 3.05) is 13.2 Å². The van der Waals surface area contributed by atoms with E-state index in [9.17, 15) is 25.1 Å². The lowest BCUT2D eigenvalue weighted by Gasteiger charge is -2.14. The van der Waals surface area contributed by atoms with Crippen LogP contribution in [0.15, 0.2) is 34.6 Å². The molecule has 2 rings (SSSR count). The third-order valence-electron chi connectivity index (χ3n) is 3.40. The third kappa shape index (κ3) is 4.86. The van der Waals surface area contributed by atoms with E-state index < -0.39 is 22.4 Å². The summed E-state index contributed by atoms with van der Waals surface area (Å²) in [4.78, 5) is 24.0. The highest BCUT2D eigenvalue weighted by Crippen LogP contribution is 2.57. The number of phenols is 2. The van der Waals surface area contributed by atoms with Gasteiger partial charge in [0.05, 0.1) is 33.7 Å². The van der Waals surface area contributed by atoms with Gasteiger partial charge in [-0.15, -0.1) is 23.5 Å². The zero-order valence-corrected chi connectivity index (χ0v) is 15.3. The van der Waals surface area contributed by atoms with Crippen molar-refractivity contribution in [3.63, 3.8) is 0 Å². The number of benzene rings is 1. The van der Waals surface area contributed by atoms with Gasteiger partial charge in [0, 0.05) is 6.08 Å². The lowest BCUT2D eigenvalue weighted by molar-refractivity contribution is -0.146. The van der Waals surface area contributed by atoms with Gasteiger partial charge in [-0.05, 0) is 25.0 Å². The first-order chi connectivity index (χ1) is 12.5. The van der Waals surface area contributed by atoms with E-state index in [4.69, 9.17) is 9.47 Å². The molecular weight excluding hydrogens is 378 g/mol. The first kappa shape index (κ1) is 20.0. The first-order valence-electron chi connectivity index (χ1n) is 7.71. The van der Waals surface area contributed by atoms with Crippen LogP contribution in [0.1, 0.15) is 12.8 Å². The van der Waals surface area contributed by atoms with Crippen molar-refractivity contribution >= 4 is 35.5 Å². The number of carbonyl (C=O) groups excluding carboxylic acids is 2. The van der Waals surface area contributed by atoms with Crippen LogP contribution in [0.5, 0.6) is 11.5 Å². The summed E-state index contributed by atoms with van der Waals surface area (Å²) < 4.78 is 9.41. The van der Waals surface area contributed by atoms with E-state index >= 15 is 0 Å². The van der Waals surface area contributed by atoms with Gasteiger partial charge in [0.15, 0.2) is 5.92 Å². The molecule has 1 aromatic rings. The molecule has 1 aromatic carbocycles. The van der Waals surface area contributed by atoms with Gasteiger partial charge < -0.3 is 19.7 Å². The first-order valence-corrected chi connectivity index (χ1v) is 9.47. The Morgan fingerprint density at radius 1 is 1.19 bits per heavy atom. The number of nitrogens with zero attached hydrogens (tertiary/aromatic N) is 1. The Hall–Kier alpha value is -2.31. The van der Waals surface area contributed by atoms with Gasteiger partial charge in [-0.1, -0.05) is 6.58 Å². The number of hydrogen-bond acceptors (Lipinski definition) is 9. The van der Waals surface area contributed by atoms with E-state index in [-0.39, 0.29) is 24.7 Å². The smallest absolute Gasteiger partial charge is 0.330 e. The average molecular weight is 395 g/mol. The van der Waals surface area contributed by atoms with Gasteiger partial charge in [0.1, 0.15) is 11.5 Å². The van der Waals surface area contributed by atoms with Gasteiger partial charge in [-0.3, -0.25) is 4.79 Å². The van der Waals surface area contributed by atoms with Crippen LogP contribution in [0.2, 0.25) is 0 Å². The van der Waals surface area contributed by atoms with Crippen LogP contribution in [0.4, 0.5) is 0 Å². The molecule has 0 saturated carbocycles. The fourth-order valence-electron chi connectivity index (χ4n) is 2.09. The van der Waals surface area contributed by atoms with Crippen LogP contribution in [0, 0.1) is 17.2 Å². The van der Waals surface area contributed by atoms with Crippen molar-refractivity contribution < 1.29 is 29.3 Å². The number of rotatable bonds is 8. The standard InChI is InChI=1S/C17H17NO6S2/c1-2-13(21)23-7-3-4-8-24-16(22)10(9-18)17-25-14-11(19)5-6-12(20)15(14)26-17/h2,5-6,10,17,19-20H,1,3-4,7-8H2. The Labute approximate surface area is 159 Å². The highest BCUT2D eigenvalue weighted by atomic mass is 32.2. The van der Waals surface area contributed by atoms with Crippen LogP contribution < -0.4 is 0 Å². The van der Waals surface area contributed by atoms with Crippen molar-refractivity contribution in [1.29, 1.82) is 5.26 Å². The molecule has 2 N–H and O–H groups in total. The normalized spacial score (nSPS) is 14.1. The van der Waals surface area contributed by atoms with Gasteiger partial charge >= 0.3 is 11.9 Å². The van der Waals surface area contributed by atoms with Gasteiger partial charge in [-0.25, -0.2) is 4.79 Å². The molecule has 9 heteroatoms. The van der Waals surface area contributed by atoms with Gasteiger partial charge in [-0.2, -0.15) is 5.26 Å². The summed E-state index contributed by atoms with van der Waals surface area (Å²) in [6.45, 7) is 3.59. The summed E-state index contributed by atoms with van der Waals surface area (Å²) in [6.07, 6.45) is 2.08. The summed E-state index contributed by atoms with van der Waals surface area (Å²) in [5.41, 5.74) is 0. The Bertz CT molecular complexity index is 715. The molecule has 0 amide bonds. The number of unbranched alkanes of at least 4 members (excludes halogenated alkanes) is 1. The summed E-state index contributed by atoms with van der Waals surface area (Å²) in [6, 6.07) is 4.66. The molecule has 138 valence electrons. The topological polar surface area (TPSA) is 117 Å². The van der Waals surface area contributed by atoms with E-state index in [1.54, 1.807) is 0 Å². The number of thioether (sulfide) groups is 2. The van der Waals surface area contributed by atoms with Crippen LogP contribution >= 0.6 is 23.5 Å². The molecule has 0 spiro atoms. The molecule has 7 nitrogen and oxygen atoms in total. The lowest BCUT2D eigenvalue weighted by Crippen LogP contribution is -2.24. The van der Waals surface area contributed by atoms with Crippen LogP contribution in [0.3, 0.4) is 0 Å². The maximum Gasteiger partial charge on any atom is 0.330 e. The molecule has 1 unspecified atom stereocenters. The molecule has 0 bridgehead atoms. The number of aromatic hydroxyl groups is 2. The Morgan fingerprint density at radius 3 is 2.23 bits per heavy atom. The predicted molar refractivity (Wildman–Crippen MR) is 95.7 cm³/mol. The fraction of sp³-hybridized carbons (Fsp3) is 0.353. The van der Waals surface area contributed by atoms with Crippen molar-refractivity contribution in [3.8, 4) is 17.6 Å². The fourth-order valence-corrected chi connectivity index (χ4v) is 5.03. The van der Waals surface area contributed by atoms with Crippen LogP contribution in [0.25, 0.3) is 0 Å². The number of phenolic OH excluding ortho intramolecular Hbond substituents is 2. The Balaban J connectivity index is 1.82. The summed E-state index contributed by atoms with van der Waals surface area (Å²) >= 11 is 2.31. The minimum absolute atomic E-state index is 0.00284. The quantitative estimate of drug-likeness (QED) is 0.296. The van der Waals surface area contributed by atoms with Crippen molar-refractivity contribution in [1.82, 2.24) is 0 Å². The minimum Gasteiger partial charge on any atom is -0.507 e. The molecule has 1 atom stereocenters. The number of nitriles is 1. The number of esters is 2. The monoisotopic (exact) mass is 395 g/mol. The number of hydrogen-bond donors (Lipinski definition) is 2. The largest absolute Gasteiger partial charge is 0.507 e. The lowest BCUT2D eigenvalue weighted by atomic mass is 10.2. The third-order valence-corrected chi connectivity index (χ3v) is 6.41. The predicted octanol–water partition coefficient (Wildman–Crippen LogP) is 2.81. The Morgan fingerprint density at radius 2 is 1.73 bits per heavy atom. The molecule has 1 heterocycles. The van der Waals surface area contributed by atoms with E-state index in [1.807, 2.05) is 6.07 Å². The second-order valence-electron chi connectivity index (χ2n) is 5.22. The minimum atomic E-state index is -1.05. The summed E-state index contributed by atoms with van der Waals surface area (Å²) in [7, 11) is 0. The van der Waals surface area contributed by atoms with Gasteiger partial charge in [0.25, 0.3) is 0 Å². The molecule has 1 aliphatic rings. The van der Waals surface area contributed by atoms with Crippen molar-refractivity contribution in [2.24, 2.45) is 5.92 Å². The molecule has 0 radical (unpaired) electrons.